The van der Waals surface area contributed by atoms with Crippen LogP contribution in [0.2, 0.25) is 0 Å². The van der Waals surface area contributed by atoms with Crippen LogP contribution in [0, 0.1) is 40.4 Å². The lowest BCUT2D eigenvalue weighted by Gasteiger charge is -2.65. The van der Waals surface area contributed by atoms with Gasteiger partial charge in [-0.2, -0.15) is 0 Å². The number of hydrogen-bond acceptors (Lipinski definition) is 3. The van der Waals surface area contributed by atoms with Crippen LogP contribution in [0.3, 0.4) is 0 Å². The molecule has 0 spiro atoms. The Morgan fingerprint density at radius 1 is 1.12 bits per heavy atom. The molecule has 0 amide bonds. The molecule has 0 bridgehead atoms. The molecule has 3 nitrogen and oxygen atoms in total. The van der Waals surface area contributed by atoms with Crippen molar-refractivity contribution in [3.63, 3.8) is 0 Å². The molecule has 4 rings (SSSR count). The molecule has 4 aliphatic rings. The molecule has 25 heavy (non-hydrogen) atoms. The summed E-state index contributed by atoms with van der Waals surface area (Å²) in [6.45, 7) is 8.58. The first-order valence-electron chi connectivity index (χ1n) is 10.4. The van der Waals surface area contributed by atoms with Crippen LogP contribution in [0.15, 0.2) is 0 Å². The third-order valence-corrected chi connectivity index (χ3v) is 9.57. The number of carbonyl (C=O) groups excluding carboxylic acids is 2. The van der Waals surface area contributed by atoms with Gasteiger partial charge < -0.3 is 5.11 Å². The van der Waals surface area contributed by atoms with E-state index in [4.69, 9.17) is 0 Å². The SMILES string of the molecule is CC(=O)[C@H]1CC[C@H]2[C@@H]3C[C@@H](C)[C@]4(O)CC(=O)CC[C@]4(C)[C@H]3CC[C@]12C. The van der Waals surface area contributed by atoms with Crippen LogP contribution in [-0.2, 0) is 9.59 Å². The first-order chi connectivity index (χ1) is 11.6. The van der Waals surface area contributed by atoms with Crippen molar-refractivity contribution in [1.82, 2.24) is 0 Å². The van der Waals surface area contributed by atoms with Gasteiger partial charge in [0.1, 0.15) is 11.6 Å². The lowest BCUT2D eigenvalue weighted by Crippen LogP contribution is -2.65. The number of fused-ring (bicyclic) bond motifs is 5. The number of Topliss-reactive ketones (excluding diaryl/α,β-unsaturated/α-hetero) is 2. The van der Waals surface area contributed by atoms with E-state index in [0.29, 0.717) is 36.4 Å². The second kappa shape index (κ2) is 5.41. The van der Waals surface area contributed by atoms with Crippen LogP contribution in [0.4, 0.5) is 0 Å². The molecule has 0 unspecified atom stereocenters. The van der Waals surface area contributed by atoms with E-state index in [2.05, 4.69) is 20.8 Å². The fourth-order valence-electron chi connectivity index (χ4n) is 8.13. The van der Waals surface area contributed by atoms with E-state index >= 15 is 0 Å². The van der Waals surface area contributed by atoms with E-state index in [0.717, 1.165) is 32.1 Å². The predicted octanol–water partition coefficient (Wildman–Crippen LogP) is 4.16. The van der Waals surface area contributed by atoms with Gasteiger partial charge in [-0.25, -0.2) is 0 Å². The third kappa shape index (κ3) is 2.14. The number of hydrogen-bond donors (Lipinski definition) is 1. The Bertz CT molecular complexity index is 612. The molecule has 1 N–H and O–H groups in total. The van der Waals surface area contributed by atoms with Gasteiger partial charge >= 0.3 is 0 Å². The average molecular weight is 347 g/mol. The van der Waals surface area contributed by atoms with Crippen molar-refractivity contribution >= 4 is 11.6 Å². The maximum atomic E-state index is 12.2. The van der Waals surface area contributed by atoms with Crippen molar-refractivity contribution in [3.8, 4) is 0 Å². The first kappa shape index (κ1) is 17.7. The minimum Gasteiger partial charge on any atom is -0.389 e. The highest BCUT2D eigenvalue weighted by Gasteiger charge is 2.66. The van der Waals surface area contributed by atoms with Gasteiger partial charge in [-0.15, -0.1) is 0 Å². The van der Waals surface area contributed by atoms with Gasteiger partial charge in [0.25, 0.3) is 0 Å². The standard InChI is InChI=1S/C22H34O3/c1-13-11-16-18-6-5-17(14(2)23)20(18,3)9-8-19(16)21(4)10-7-15(24)12-22(13,21)25/h13,16-19,25H,5-12H2,1-4H3/t13-,16+,17-,18+,19+,20-,21-,22-/m1/s1. The van der Waals surface area contributed by atoms with E-state index in [1.807, 2.05) is 0 Å². The van der Waals surface area contributed by atoms with E-state index in [9.17, 15) is 14.7 Å². The Kier molecular flexibility index (Phi) is 3.83. The normalized spacial score (nSPS) is 55.2. The van der Waals surface area contributed by atoms with E-state index in [1.54, 1.807) is 6.92 Å². The zero-order valence-electron chi connectivity index (χ0n) is 16.3. The van der Waals surface area contributed by atoms with Crippen molar-refractivity contribution in [2.45, 2.75) is 84.7 Å². The van der Waals surface area contributed by atoms with Crippen LogP contribution >= 0.6 is 0 Å². The fraction of sp³-hybridized carbons (Fsp3) is 0.909. The molecule has 4 saturated carbocycles. The Balaban J connectivity index is 1.71. The zero-order chi connectivity index (χ0) is 18.2. The molecule has 3 heteroatoms. The largest absolute Gasteiger partial charge is 0.389 e. The topological polar surface area (TPSA) is 54.4 Å². The van der Waals surface area contributed by atoms with Crippen LogP contribution in [-0.4, -0.2) is 22.3 Å². The summed E-state index contributed by atoms with van der Waals surface area (Å²) in [6.07, 6.45) is 7.29. The van der Waals surface area contributed by atoms with Crippen molar-refractivity contribution in [2.75, 3.05) is 0 Å². The number of aliphatic hydroxyl groups is 1. The van der Waals surface area contributed by atoms with Gasteiger partial charge in [-0.1, -0.05) is 20.8 Å². The molecule has 0 saturated heterocycles. The molecule has 0 aromatic carbocycles. The second-order valence-corrected chi connectivity index (χ2v) is 10.4. The van der Waals surface area contributed by atoms with Gasteiger partial charge in [0.05, 0.1) is 5.60 Å². The minimum absolute atomic E-state index is 0.140. The average Bonchev–Trinajstić information content (AvgIpc) is 2.88. The lowest BCUT2D eigenvalue weighted by molar-refractivity contribution is -0.226. The molecule has 140 valence electrons. The summed E-state index contributed by atoms with van der Waals surface area (Å²) in [5.41, 5.74) is -0.808. The van der Waals surface area contributed by atoms with Gasteiger partial charge in [-0.3, -0.25) is 9.59 Å². The Labute approximate surface area is 151 Å². The summed E-state index contributed by atoms with van der Waals surface area (Å²) in [5, 5.41) is 11.6. The summed E-state index contributed by atoms with van der Waals surface area (Å²) in [5.74, 6) is 2.74. The Hall–Kier alpha value is -0.700. The smallest absolute Gasteiger partial charge is 0.135 e. The Morgan fingerprint density at radius 2 is 1.84 bits per heavy atom. The van der Waals surface area contributed by atoms with Gasteiger partial charge in [0.15, 0.2) is 0 Å². The van der Waals surface area contributed by atoms with E-state index in [-0.39, 0.29) is 28.4 Å². The highest BCUT2D eigenvalue weighted by Crippen LogP contribution is 2.69. The number of ketones is 2. The van der Waals surface area contributed by atoms with E-state index in [1.165, 1.54) is 6.42 Å². The summed E-state index contributed by atoms with van der Waals surface area (Å²) in [6, 6.07) is 0. The van der Waals surface area contributed by atoms with Crippen molar-refractivity contribution in [3.05, 3.63) is 0 Å². The molecule has 0 aromatic heterocycles. The predicted molar refractivity (Wildman–Crippen MR) is 96.9 cm³/mol. The number of carbonyl (C=O) groups is 2. The zero-order valence-corrected chi connectivity index (χ0v) is 16.3. The van der Waals surface area contributed by atoms with Crippen molar-refractivity contribution in [1.29, 1.82) is 0 Å². The van der Waals surface area contributed by atoms with Crippen LogP contribution in [0.5, 0.6) is 0 Å². The molecular formula is C22H34O3. The highest BCUT2D eigenvalue weighted by atomic mass is 16.3. The van der Waals surface area contributed by atoms with E-state index < -0.39 is 5.60 Å². The van der Waals surface area contributed by atoms with Crippen molar-refractivity contribution < 1.29 is 14.7 Å². The van der Waals surface area contributed by atoms with Crippen molar-refractivity contribution in [2.24, 2.45) is 40.4 Å². The summed E-state index contributed by atoms with van der Waals surface area (Å²) in [7, 11) is 0. The maximum absolute atomic E-state index is 12.2. The quantitative estimate of drug-likeness (QED) is 0.775. The summed E-state index contributed by atoms with van der Waals surface area (Å²) in [4.78, 5) is 24.4. The Morgan fingerprint density at radius 3 is 2.52 bits per heavy atom. The summed E-state index contributed by atoms with van der Waals surface area (Å²) >= 11 is 0. The second-order valence-electron chi connectivity index (χ2n) is 10.4. The first-order valence-corrected chi connectivity index (χ1v) is 10.4. The molecular weight excluding hydrogens is 312 g/mol. The fourth-order valence-corrected chi connectivity index (χ4v) is 8.13. The molecule has 4 aliphatic carbocycles. The van der Waals surface area contributed by atoms with Crippen LogP contribution in [0.25, 0.3) is 0 Å². The molecule has 0 radical (unpaired) electrons. The molecule has 0 aliphatic heterocycles. The monoisotopic (exact) mass is 346 g/mol. The third-order valence-electron chi connectivity index (χ3n) is 9.57. The highest BCUT2D eigenvalue weighted by molar-refractivity contribution is 5.81. The molecule has 0 aromatic rings. The van der Waals surface area contributed by atoms with Crippen LogP contribution < -0.4 is 0 Å². The number of rotatable bonds is 1. The van der Waals surface area contributed by atoms with Crippen LogP contribution in [0.1, 0.15) is 79.1 Å². The summed E-state index contributed by atoms with van der Waals surface area (Å²) < 4.78 is 0. The van der Waals surface area contributed by atoms with Gasteiger partial charge in [0.2, 0.25) is 0 Å². The molecule has 0 heterocycles. The van der Waals surface area contributed by atoms with Gasteiger partial charge in [-0.05, 0) is 74.5 Å². The molecule has 8 atom stereocenters. The molecule has 4 fully saturated rings. The maximum Gasteiger partial charge on any atom is 0.135 e. The minimum atomic E-state index is -0.824. The van der Waals surface area contributed by atoms with Gasteiger partial charge in [0, 0.05) is 24.2 Å². The lowest BCUT2D eigenvalue weighted by atomic mass is 9.41.